The van der Waals surface area contributed by atoms with Crippen molar-refractivity contribution in [2.45, 2.75) is 51.6 Å². The molecule has 0 atom stereocenters. The lowest BCUT2D eigenvalue weighted by molar-refractivity contribution is 0.490. The third kappa shape index (κ3) is 2.28. The van der Waals surface area contributed by atoms with E-state index >= 15 is 0 Å². The van der Waals surface area contributed by atoms with E-state index in [1.807, 2.05) is 0 Å². The summed E-state index contributed by atoms with van der Waals surface area (Å²) < 4.78 is 2.53. The van der Waals surface area contributed by atoms with Crippen LogP contribution in [0.25, 0.3) is 0 Å². The van der Waals surface area contributed by atoms with Gasteiger partial charge in [0.05, 0.1) is 0 Å². The van der Waals surface area contributed by atoms with Gasteiger partial charge in [-0.3, -0.25) is 0 Å². The SMILES string of the molecule is CN(C)[Si](c1ccccc1)(C(C)(C)C)C(C)(C)C. The molecule has 1 aromatic rings. The molecule has 0 aliphatic carbocycles. The Kier molecular flexibility index (Phi) is 4.14. The van der Waals surface area contributed by atoms with E-state index < -0.39 is 8.24 Å². The Bertz CT molecular complexity index is 368. The highest BCUT2D eigenvalue weighted by Crippen LogP contribution is 2.51. The highest BCUT2D eigenvalue weighted by atomic mass is 28.3. The van der Waals surface area contributed by atoms with Crippen molar-refractivity contribution >= 4 is 13.4 Å². The van der Waals surface area contributed by atoms with Gasteiger partial charge in [0.25, 0.3) is 0 Å². The molecule has 0 saturated heterocycles. The zero-order valence-corrected chi connectivity index (χ0v) is 14.3. The van der Waals surface area contributed by atoms with Crippen LogP contribution in [-0.2, 0) is 0 Å². The van der Waals surface area contributed by atoms with Gasteiger partial charge in [0, 0.05) is 0 Å². The van der Waals surface area contributed by atoms with Crippen molar-refractivity contribution in [3.63, 3.8) is 0 Å². The first kappa shape index (κ1) is 15.5. The highest BCUT2D eigenvalue weighted by molar-refractivity contribution is 6.94. The maximum Gasteiger partial charge on any atom is 0.170 e. The predicted octanol–water partition coefficient (Wildman–Crippen LogP) is 4.00. The third-order valence-electron chi connectivity index (χ3n) is 4.03. The van der Waals surface area contributed by atoms with E-state index in [1.165, 1.54) is 5.19 Å². The van der Waals surface area contributed by atoms with Crippen molar-refractivity contribution in [3.8, 4) is 0 Å². The largest absolute Gasteiger partial charge is 0.325 e. The van der Waals surface area contributed by atoms with E-state index in [0.29, 0.717) is 0 Å². The van der Waals surface area contributed by atoms with E-state index in [-0.39, 0.29) is 10.1 Å². The molecule has 18 heavy (non-hydrogen) atoms. The lowest BCUT2D eigenvalue weighted by Gasteiger charge is -2.55. The molecule has 2 heteroatoms. The maximum absolute atomic E-state index is 2.53. The topological polar surface area (TPSA) is 3.24 Å². The number of hydrogen-bond acceptors (Lipinski definition) is 1. The molecule has 0 heterocycles. The molecule has 0 bridgehead atoms. The second kappa shape index (κ2) is 4.82. The quantitative estimate of drug-likeness (QED) is 0.729. The van der Waals surface area contributed by atoms with Gasteiger partial charge in [-0.05, 0) is 29.4 Å². The third-order valence-corrected chi connectivity index (χ3v) is 10.9. The van der Waals surface area contributed by atoms with Crippen LogP contribution in [0.15, 0.2) is 30.3 Å². The van der Waals surface area contributed by atoms with Gasteiger partial charge in [0.15, 0.2) is 8.24 Å². The van der Waals surface area contributed by atoms with Crippen LogP contribution in [0.4, 0.5) is 0 Å². The summed E-state index contributed by atoms with van der Waals surface area (Å²) in [7, 11) is 2.70. The molecule has 0 spiro atoms. The fourth-order valence-electron chi connectivity index (χ4n) is 4.27. The smallest absolute Gasteiger partial charge is 0.170 e. The molecule has 102 valence electrons. The fourth-order valence-corrected chi connectivity index (χ4v) is 12.1. The molecular formula is C16H29NSi. The number of hydrogen-bond donors (Lipinski definition) is 0. The van der Waals surface area contributed by atoms with Gasteiger partial charge in [-0.1, -0.05) is 71.9 Å². The first-order valence-electron chi connectivity index (χ1n) is 6.78. The summed E-state index contributed by atoms with van der Waals surface area (Å²) >= 11 is 0. The summed E-state index contributed by atoms with van der Waals surface area (Å²) in [5.41, 5.74) is 0. The van der Waals surface area contributed by atoms with Gasteiger partial charge in [0.2, 0.25) is 0 Å². The van der Waals surface area contributed by atoms with Crippen LogP contribution in [-0.4, -0.2) is 26.9 Å². The maximum atomic E-state index is 2.53. The average molecular weight is 264 g/mol. The van der Waals surface area contributed by atoms with Crippen molar-refractivity contribution in [3.05, 3.63) is 30.3 Å². The van der Waals surface area contributed by atoms with Crippen LogP contribution in [0, 0.1) is 0 Å². The van der Waals surface area contributed by atoms with Crippen LogP contribution in [0.3, 0.4) is 0 Å². The number of nitrogens with zero attached hydrogens (tertiary/aromatic N) is 1. The Morgan fingerprint density at radius 3 is 1.44 bits per heavy atom. The molecule has 0 radical (unpaired) electrons. The standard InChI is InChI=1S/C16H29NSi/c1-15(2,3)18(17(7)8,16(4,5)6)14-12-10-9-11-13-14/h9-13H,1-8H3. The summed E-state index contributed by atoms with van der Waals surface area (Å²) in [6, 6.07) is 11.1. The minimum absolute atomic E-state index is 0.288. The fraction of sp³-hybridized carbons (Fsp3) is 0.625. The lowest BCUT2D eigenvalue weighted by Crippen LogP contribution is -2.70. The Balaban J connectivity index is 3.62. The molecule has 1 aromatic carbocycles. The molecule has 0 aromatic heterocycles. The molecule has 0 aliphatic rings. The Morgan fingerprint density at radius 1 is 0.778 bits per heavy atom. The van der Waals surface area contributed by atoms with Gasteiger partial charge in [-0.15, -0.1) is 0 Å². The highest BCUT2D eigenvalue weighted by Gasteiger charge is 2.56. The lowest BCUT2D eigenvalue weighted by atomic mass is 10.2. The molecular weight excluding hydrogens is 234 g/mol. The van der Waals surface area contributed by atoms with Crippen LogP contribution < -0.4 is 5.19 Å². The van der Waals surface area contributed by atoms with E-state index in [4.69, 9.17) is 0 Å². The second-order valence-corrected chi connectivity index (χ2v) is 13.4. The van der Waals surface area contributed by atoms with E-state index in [2.05, 4.69) is 90.5 Å². The van der Waals surface area contributed by atoms with Gasteiger partial charge >= 0.3 is 0 Å². The van der Waals surface area contributed by atoms with Crippen molar-refractivity contribution in [1.82, 2.24) is 4.57 Å². The van der Waals surface area contributed by atoms with Crippen LogP contribution >= 0.6 is 0 Å². The first-order valence-corrected chi connectivity index (χ1v) is 8.73. The van der Waals surface area contributed by atoms with Gasteiger partial charge in [-0.25, -0.2) is 0 Å². The second-order valence-electron chi connectivity index (χ2n) is 7.47. The van der Waals surface area contributed by atoms with Crippen LogP contribution in [0.2, 0.25) is 10.1 Å². The molecule has 1 nitrogen and oxygen atoms in total. The zero-order chi connectivity index (χ0) is 14.2. The van der Waals surface area contributed by atoms with Gasteiger partial charge in [-0.2, -0.15) is 0 Å². The van der Waals surface area contributed by atoms with Crippen molar-refractivity contribution < 1.29 is 0 Å². The molecule has 0 aliphatic heterocycles. The summed E-state index contributed by atoms with van der Waals surface area (Å²) in [5.74, 6) is 0. The predicted molar refractivity (Wildman–Crippen MR) is 84.9 cm³/mol. The average Bonchev–Trinajstić information content (AvgIpc) is 2.14. The Hall–Kier alpha value is -0.603. The van der Waals surface area contributed by atoms with Crippen molar-refractivity contribution in [2.24, 2.45) is 0 Å². The van der Waals surface area contributed by atoms with Crippen LogP contribution in [0.5, 0.6) is 0 Å². The normalized spacial score (nSPS) is 14.1. The molecule has 0 fully saturated rings. The van der Waals surface area contributed by atoms with Crippen molar-refractivity contribution in [2.75, 3.05) is 14.1 Å². The number of rotatable bonds is 2. The summed E-state index contributed by atoms with van der Waals surface area (Å²) in [5, 5.41) is 2.11. The first-order chi connectivity index (χ1) is 8.05. The molecule has 0 N–H and O–H groups in total. The van der Waals surface area contributed by atoms with Gasteiger partial charge < -0.3 is 4.57 Å². The van der Waals surface area contributed by atoms with E-state index in [0.717, 1.165) is 0 Å². The van der Waals surface area contributed by atoms with E-state index in [9.17, 15) is 0 Å². The zero-order valence-electron chi connectivity index (χ0n) is 13.3. The molecule has 0 amide bonds. The summed E-state index contributed by atoms with van der Waals surface area (Å²) in [6.07, 6.45) is 0. The minimum Gasteiger partial charge on any atom is -0.325 e. The van der Waals surface area contributed by atoms with Gasteiger partial charge in [0.1, 0.15) is 0 Å². The monoisotopic (exact) mass is 263 g/mol. The minimum atomic E-state index is -1.82. The molecule has 0 saturated carbocycles. The number of benzene rings is 1. The summed E-state index contributed by atoms with van der Waals surface area (Å²) in [6.45, 7) is 14.4. The van der Waals surface area contributed by atoms with E-state index in [1.54, 1.807) is 0 Å². The van der Waals surface area contributed by atoms with Crippen LogP contribution in [0.1, 0.15) is 41.5 Å². The summed E-state index contributed by atoms with van der Waals surface area (Å²) in [4.78, 5) is 0. The molecule has 1 rings (SSSR count). The van der Waals surface area contributed by atoms with Crippen molar-refractivity contribution in [1.29, 1.82) is 0 Å². The Labute approximate surface area is 114 Å². The molecule has 0 unspecified atom stereocenters. The Morgan fingerprint density at radius 2 is 1.17 bits per heavy atom.